The van der Waals surface area contributed by atoms with Crippen LogP contribution in [0.5, 0.6) is 0 Å². The summed E-state index contributed by atoms with van der Waals surface area (Å²) in [7, 11) is 0. The number of hydrogen-bond acceptors (Lipinski definition) is 3. The van der Waals surface area contributed by atoms with Gasteiger partial charge in [0, 0.05) is 11.7 Å². The fourth-order valence-electron chi connectivity index (χ4n) is 1.29. The molecule has 0 saturated carbocycles. The lowest BCUT2D eigenvalue weighted by Gasteiger charge is -2.13. The lowest BCUT2D eigenvalue weighted by Crippen LogP contribution is -2.27. The van der Waals surface area contributed by atoms with Crippen LogP contribution < -0.4 is 16.8 Å². The second-order valence-electron chi connectivity index (χ2n) is 4.24. The van der Waals surface area contributed by atoms with Crippen LogP contribution in [0.1, 0.15) is 20.8 Å². The molecule has 0 aromatic heterocycles. The normalized spacial score (nSPS) is 23.2. The van der Waals surface area contributed by atoms with E-state index in [4.69, 9.17) is 11.5 Å². The van der Waals surface area contributed by atoms with Crippen LogP contribution in [0.2, 0.25) is 0 Å². The van der Waals surface area contributed by atoms with Crippen LogP contribution in [0, 0.1) is 5.92 Å². The first-order chi connectivity index (χ1) is 7.50. The van der Waals surface area contributed by atoms with E-state index in [2.05, 4.69) is 24.4 Å². The van der Waals surface area contributed by atoms with Crippen molar-refractivity contribution < 1.29 is 0 Å². The summed E-state index contributed by atoms with van der Waals surface area (Å²) in [6.07, 6.45) is 10.3. The van der Waals surface area contributed by atoms with Gasteiger partial charge in [-0.3, -0.25) is 0 Å². The maximum absolute atomic E-state index is 5.92. The van der Waals surface area contributed by atoms with Gasteiger partial charge < -0.3 is 16.8 Å². The molecule has 3 nitrogen and oxygen atoms in total. The van der Waals surface area contributed by atoms with Gasteiger partial charge >= 0.3 is 0 Å². The maximum Gasteiger partial charge on any atom is 0.101 e. The molecule has 0 fully saturated rings. The highest BCUT2D eigenvalue weighted by atomic mass is 15.0. The molecule has 1 rings (SSSR count). The summed E-state index contributed by atoms with van der Waals surface area (Å²) in [5.74, 6) is 1.09. The zero-order valence-electron chi connectivity index (χ0n) is 10.2. The highest BCUT2D eigenvalue weighted by molar-refractivity contribution is 5.30. The van der Waals surface area contributed by atoms with E-state index in [0.29, 0.717) is 11.7 Å². The van der Waals surface area contributed by atoms with Crippen molar-refractivity contribution in [3.05, 3.63) is 47.5 Å². The van der Waals surface area contributed by atoms with E-state index >= 15 is 0 Å². The molecular formula is C13H21N3. The summed E-state index contributed by atoms with van der Waals surface area (Å²) >= 11 is 0. The Morgan fingerprint density at radius 3 is 2.75 bits per heavy atom. The third kappa shape index (κ3) is 3.59. The Labute approximate surface area is 97.6 Å². The molecule has 3 heteroatoms. The van der Waals surface area contributed by atoms with Crippen molar-refractivity contribution in [3.8, 4) is 0 Å². The number of nitrogens with one attached hydrogen (secondary N) is 1. The quantitative estimate of drug-likeness (QED) is 0.677. The molecule has 0 spiro atoms. The highest BCUT2D eigenvalue weighted by Crippen LogP contribution is 2.09. The van der Waals surface area contributed by atoms with Crippen molar-refractivity contribution in [2.75, 3.05) is 0 Å². The Balaban J connectivity index is 2.76. The molecule has 0 aromatic carbocycles. The average molecular weight is 219 g/mol. The minimum atomic E-state index is -0.0303. The monoisotopic (exact) mass is 219 g/mol. The SMILES string of the molecule is C/C(=C(\N)NC1=CC=CC(C)C=C1)C(C)N. The number of nitrogens with two attached hydrogens (primary N) is 2. The van der Waals surface area contributed by atoms with Crippen LogP contribution in [0.25, 0.3) is 0 Å². The van der Waals surface area contributed by atoms with Crippen LogP contribution in [0.15, 0.2) is 47.5 Å². The highest BCUT2D eigenvalue weighted by Gasteiger charge is 2.04. The molecule has 0 aliphatic heterocycles. The Morgan fingerprint density at radius 2 is 2.12 bits per heavy atom. The van der Waals surface area contributed by atoms with Crippen molar-refractivity contribution in [3.63, 3.8) is 0 Å². The van der Waals surface area contributed by atoms with Crippen LogP contribution in [0.4, 0.5) is 0 Å². The first-order valence-corrected chi connectivity index (χ1v) is 5.56. The van der Waals surface area contributed by atoms with Gasteiger partial charge in [0.15, 0.2) is 0 Å². The minimum Gasteiger partial charge on any atom is -0.385 e. The average Bonchev–Trinajstić information content (AvgIpc) is 2.42. The molecule has 0 radical (unpaired) electrons. The summed E-state index contributed by atoms with van der Waals surface area (Å²) in [6, 6.07) is -0.0303. The van der Waals surface area contributed by atoms with Gasteiger partial charge in [-0.2, -0.15) is 0 Å². The van der Waals surface area contributed by atoms with Gasteiger partial charge in [-0.05, 0) is 37.5 Å². The van der Waals surface area contributed by atoms with Gasteiger partial charge in [-0.15, -0.1) is 0 Å². The number of rotatable bonds is 3. The van der Waals surface area contributed by atoms with Gasteiger partial charge in [0.2, 0.25) is 0 Å². The predicted molar refractivity (Wildman–Crippen MR) is 69.2 cm³/mol. The summed E-state index contributed by atoms with van der Waals surface area (Å²) in [5.41, 5.74) is 13.6. The van der Waals surface area contributed by atoms with E-state index in [-0.39, 0.29) is 6.04 Å². The van der Waals surface area contributed by atoms with E-state index < -0.39 is 0 Å². The van der Waals surface area contributed by atoms with Crippen molar-refractivity contribution in [2.24, 2.45) is 17.4 Å². The molecule has 0 saturated heterocycles. The van der Waals surface area contributed by atoms with Gasteiger partial charge in [-0.25, -0.2) is 0 Å². The van der Waals surface area contributed by atoms with E-state index in [1.165, 1.54) is 0 Å². The molecule has 88 valence electrons. The topological polar surface area (TPSA) is 64.1 Å². The van der Waals surface area contributed by atoms with Crippen molar-refractivity contribution >= 4 is 0 Å². The Morgan fingerprint density at radius 1 is 1.44 bits per heavy atom. The Hall–Kier alpha value is -1.48. The molecule has 0 aromatic rings. The lowest BCUT2D eigenvalue weighted by atomic mass is 10.1. The van der Waals surface area contributed by atoms with Crippen molar-refractivity contribution in [2.45, 2.75) is 26.8 Å². The molecule has 1 aliphatic carbocycles. The molecule has 16 heavy (non-hydrogen) atoms. The smallest absolute Gasteiger partial charge is 0.101 e. The summed E-state index contributed by atoms with van der Waals surface area (Å²) in [6.45, 7) is 5.99. The van der Waals surface area contributed by atoms with E-state index in [1.807, 2.05) is 32.1 Å². The van der Waals surface area contributed by atoms with Crippen LogP contribution in [0.3, 0.4) is 0 Å². The van der Waals surface area contributed by atoms with Crippen LogP contribution in [-0.4, -0.2) is 6.04 Å². The van der Waals surface area contributed by atoms with Crippen molar-refractivity contribution in [1.29, 1.82) is 0 Å². The minimum absolute atomic E-state index is 0.0303. The largest absolute Gasteiger partial charge is 0.385 e. The van der Waals surface area contributed by atoms with E-state index in [1.54, 1.807) is 0 Å². The molecule has 1 aliphatic rings. The molecular weight excluding hydrogens is 198 g/mol. The lowest BCUT2D eigenvalue weighted by molar-refractivity contribution is 0.809. The second kappa shape index (κ2) is 5.56. The van der Waals surface area contributed by atoms with Gasteiger partial charge in [0.05, 0.1) is 0 Å². The Kier molecular flexibility index (Phi) is 4.38. The van der Waals surface area contributed by atoms with Gasteiger partial charge in [0.1, 0.15) is 5.82 Å². The van der Waals surface area contributed by atoms with E-state index in [0.717, 1.165) is 11.3 Å². The third-order valence-corrected chi connectivity index (χ3v) is 2.66. The molecule has 2 atom stereocenters. The van der Waals surface area contributed by atoms with Gasteiger partial charge in [-0.1, -0.05) is 25.2 Å². The molecule has 0 heterocycles. The fraction of sp³-hybridized carbons (Fsp3) is 0.385. The fourth-order valence-corrected chi connectivity index (χ4v) is 1.29. The third-order valence-electron chi connectivity index (χ3n) is 2.66. The summed E-state index contributed by atoms with van der Waals surface area (Å²) in [5, 5.41) is 3.16. The van der Waals surface area contributed by atoms with Crippen LogP contribution in [-0.2, 0) is 0 Å². The standard InChI is InChI=1S/C13H21N3/c1-9-5-4-6-12(8-7-9)16-13(15)10(2)11(3)14/h4-9,11,16H,14-15H2,1-3H3/b13-10-. The molecule has 0 amide bonds. The van der Waals surface area contributed by atoms with Crippen molar-refractivity contribution in [1.82, 2.24) is 5.32 Å². The molecule has 0 bridgehead atoms. The predicted octanol–water partition coefficient (Wildman–Crippen LogP) is 1.76. The number of hydrogen-bond donors (Lipinski definition) is 3. The summed E-state index contributed by atoms with van der Waals surface area (Å²) < 4.78 is 0. The first-order valence-electron chi connectivity index (χ1n) is 5.56. The number of allylic oxidation sites excluding steroid dienone is 5. The molecule has 5 N–H and O–H groups in total. The summed E-state index contributed by atoms with van der Waals surface area (Å²) in [4.78, 5) is 0. The van der Waals surface area contributed by atoms with E-state index in [9.17, 15) is 0 Å². The van der Waals surface area contributed by atoms with Gasteiger partial charge in [0.25, 0.3) is 0 Å². The zero-order valence-corrected chi connectivity index (χ0v) is 10.2. The second-order valence-corrected chi connectivity index (χ2v) is 4.24. The molecule has 2 unspecified atom stereocenters. The Bertz CT molecular complexity index is 359. The maximum atomic E-state index is 5.92. The first kappa shape index (κ1) is 12.6. The van der Waals surface area contributed by atoms with Crippen LogP contribution >= 0.6 is 0 Å². The zero-order chi connectivity index (χ0) is 12.1.